The van der Waals surface area contributed by atoms with Crippen LogP contribution in [0.1, 0.15) is 26.3 Å². The van der Waals surface area contributed by atoms with Crippen LogP contribution in [-0.4, -0.2) is 31.7 Å². The van der Waals surface area contributed by atoms with Crippen LogP contribution in [0.5, 0.6) is 0 Å². The van der Waals surface area contributed by atoms with Crippen molar-refractivity contribution in [1.29, 1.82) is 0 Å². The van der Waals surface area contributed by atoms with Crippen LogP contribution in [0, 0.1) is 6.92 Å². The third-order valence-electron chi connectivity index (χ3n) is 3.26. The van der Waals surface area contributed by atoms with E-state index >= 15 is 0 Å². The fourth-order valence-corrected chi connectivity index (χ4v) is 2.71. The van der Waals surface area contributed by atoms with Crippen molar-refractivity contribution >= 4 is 33.3 Å². The first-order valence-corrected chi connectivity index (χ1v) is 8.78. The molecule has 7 nitrogen and oxygen atoms in total. The largest absolute Gasteiger partial charge is 0.478 e. The summed E-state index contributed by atoms with van der Waals surface area (Å²) in [7, 11) is -3.45. The quantitative estimate of drug-likeness (QED) is 0.767. The van der Waals surface area contributed by atoms with Crippen LogP contribution in [0.25, 0.3) is 0 Å². The van der Waals surface area contributed by atoms with E-state index in [1.54, 1.807) is 25.1 Å². The third kappa shape index (κ3) is 4.32. The first-order chi connectivity index (χ1) is 11.2. The van der Waals surface area contributed by atoms with Gasteiger partial charge in [0.15, 0.2) is 0 Å². The number of carboxylic acid groups (broad SMARTS) is 1. The molecule has 1 amide bonds. The molecule has 0 saturated heterocycles. The molecule has 0 bridgehead atoms. The average molecular weight is 348 g/mol. The van der Waals surface area contributed by atoms with Gasteiger partial charge in [-0.2, -0.15) is 0 Å². The van der Waals surface area contributed by atoms with Crippen LogP contribution in [0.2, 0.25) is 0 Å². The second kappa shape index (κ2) is 6.71. The van der Waals surface area contributed by atoms with Crippen molar-refractivity contribution in [2.75, 3.05) is 16.3 Å². The standard InChI is InChI=1S/C16H16N2O5S/c1-10-13(4-3-5-14(10)18-24(2,22)23)15(19)17-12-8-6-11(7-9-12)16(20)21/h3-9,18H,1-2H3,(H,17,19)(H,20,21). The molecule has 8 heteroatoms. The molecule has 0 unspecified atom stereocenters. The fraction of sp³-hybridized carbons (Fsp3) is 0.125. The monoisotopic (exact) mass is 348 g/mol. The molecule has 3 N–H and O–H groups in total. The van der Waals surface area contributed by atoms with Crippen LogP contribution in [0.15, 0.2) is 42.5 Å². The molecule has 0 heterocycles. The molecule has 0 aromatic heterocycles. The molecular weight excluding hydrogens is 332 g/mol. The van der Waals surface area contributed by atoms with E-state index in [0.29, 0.717) is 22.5 Å². The highest BCUT2D eigenvalue weighted by Crippen LogP contribution is 2.21. The van der Waals surface area contributed by atoms with E-state index in [0.717, 1.165) is 6.26 Å². The summed E-state index contributed by atoms with van der Waals surface area (Å²) in [5.41, 5.74) is 1.68. The smallest absolute Gasteiger partial charge is 0.335 e. The summed E-state index contributed by atoms with van der Waals surface area (Å²) >= 11 is 0. The molecule has 0 aliphatic rings. The van der Waals surface area contributed by atoms with Gasteiger partial charge in [0.25, 0.3) is 5.91 Å². The van der Waals surface area contributed by atoms with E-state index in [-0.39, 0.29) is 5.56 Å². The third-order valence-corrected chi connectivity index (χ3v) is 3.85. The normalized spacial score (nSPS) is 10.9. The zero-order valence-electron chi connectivity index (χ0n) is 13.0. The number of carboxylic acids is 1. The minimum atomic E-state index is -3.45. The maximum absolute atomic E-state index is 12.4. The van der Waals surface area contributed by atoms with Gasteiger partial charge >= 0.3 is 5.97 Å². The number of nitrogens with one attached hydrogen (secondary N) is 2. The Balaban J connectivity index is 2.23. The summed E-state index contributed by atoms with van der Waals surface area (Å²) in [5.74, 6) is -1.48. The van der Waals surface area contributed by atoms with Crippen LogP contribution in [-0.2, 0) is 10.0 Å². The van der Waals surface area contributed by atoms with Crippen LogP contribution < -0.4 is 10.0 Å². The Bertz CT molecular complexity index is 889. The number of amides is 1. The van der Waals surface area contributed by atoms with Gasteiger partial charge in [0, 0.05) is 11.3 Å². The van der Waals surface area contributed by atoms with E-state index in [4.69, 9.17) is 5.11 Å². The Morgan fingerprint density at radius 3 is 2.21 bits per heavy atom. The molecule has 2 rings (SSSR count). The van der Waals surface area contributed by atoms with Crippen molar-refractivity contribution in [3.63, 3.8) is 0 Å². The molecular formula is C16H16N2O5S. The minimum absolute atomic E-state index is 0.114. The van der Waals surface area contributed by atoms with E-state index in [9.17, 15) is 18.0 Å². The Labute approximate surface area is 139 Å². The number of aromatic carboxylic acids is 1. The van der Waals surface area contributed by atoms with Gasteiger partial charge in [0.2, 0.25) is 10.0 Å². The topological polar surface area (TPSA) is 113 Å². The van der Waals surface area contributed by atoms with Gasteiger partial charge in [-0.1, -0.05) is 6.07 Å². The molecule has 24 heavy (non-hydrogen) atoms. The molecule has 0 aliphatic carbocycles. The van der Waals surface area contributed by atoms with Crippen molar-refractivity contribution in [3.05, 3.63) is 59.2 Å². The number of carbonyl (C=O) groups excluding carboxylic acids is 1. The predicted octanol–water partition coefficient (Wildman–Crippen LogP) is 2.32. The van der Waals surface area contributed by atoms with E-state index in [2.05, 4.69) is 10.0 Å². The fourth-order valence-electron chi connectivity index (χ4n) is 2.09. The van der Waals surface area contributed by atoms with E-state index < -0.39 is 21.9 Å². The number of benzene rings is 2. The van der Waals surface area contributed by atoms with Gasteiger partial charge in [-0.05, 0) is 48.9 Å². The summed E-state index contributed by atoms with van der Waals surface area (Å²) in [5, 5.41) is 11.5. The Kier molecular flexibility index (Phi) is 4.89. The lowest BCUT2D eigenvalue weighted by Gasteiger charge is -2.12. The summed E-state index contributed by atoms with van der Waals surface area (Å²) in [6.07, 6.45) is 1.03. The van der Waals surface area contributed by atoms with Crippen molar-refractivity contribution in [3.8, 4) is 0 Å². The molecule has 126 valence electrons. The number of hydrogen-bond donors (Lipinski definition) is 3. The number of carbonyl (C=O) groups is 2. The molecule has 0 radical (unpaired) electrons. The van der Waals surface area contributed by atoms with Crippen LogP contribution >= 0.6 is 0 Å². The van der Waals surface area contributed by atoms with Crippen molar-refractivity contribution < 1.29 is 23.1 Å². The summed E-state index contributed by atoms with van der Waals surface area (Å²) < 4.78 is 25.1. The van der Waals surface area contributed by atoms with Gasteiger partial charge in [-0.15, -0.1) is 0 Å². The molecule has 0 saturated carbocycles. The zero-order valence-corrected chi connectivity index (χ0v) is 13.8. The first kappa shape index (κ1) is 17.5. The zero-order chi connectivity index (χ0) is 17.9. The molecule has 0 aliphatic heterocycles. The number of hydrogen-bond acceptors (Lipinski definition) is 4. The highest BCUT2D eigenvalue weighted by Gasteiger charge is 2.14. The number of sulfonamides is 1. The van der Waals surface area contributed by atoms with E-state index in [1.165, 1.54) is 24.3 Å². The second-order valence-electron chi connectivity index (χ2n) is 5.19. The highest BCUT2D eigenvalue weighted by molar-refractivity contribution is 7.92. The van der Waals surface area contributed by atoms with E-state index in [1.807, 2.05) is 0 Å². The number of anilines is 2. The van der Waals surface area contributed by atoms with Gasteiger partial charge in [-0.3, -0.25) is 9.52 Å². The molecule has 2 aromatic rings. The molecule has 0 atom stereocenters. The molecule has 0 spiro atoms. The lowest BCUT2D eigenvalue weighted by molar-refractivity contribution is 0.0696. The first-order valence-electron chi connectivity index (χ1n) is 6.89. The maximum atomic E-state index is 12.4. The Hall–Kier alpha value is -2.87. The van der Waals surface area contributed by atoms with Crippen LogP contribution in [0.3, 0.4) is 0 Å². The number of rotatable bonds is 5. The van der Waals surface area contributed by atoms with Gasteiger partial charge in [-0.25, -0.2) is 13.2 Å². The maximum Gasteiger partial charge on any atom is 0.335 e. The van der Waals surface area contributed by atoms with Crippen molar-refractivity contribution in [2.45, 2.75) is 6.92 Å². The van der Waals surface area contributed by atoms with Crippen molar-refractivity contribution in [1.82, 2.24) is 0 Å². The second-order valence-corrected chi connectivity index (χ2v) is 6.94. The van der Waals surface area contributed by atoms with Gasteiger partial charge < -0.3 is 10.4 Å². The predicted molar refractivity (Wildman–Crippen MR) is 91.0 cm³/mol. The highest BCUT2D eigenvalue weighted by atomic mass is 32.2. The van der Waals surface area contributed by atoms with Crippen LogP contribution in [0.4, 0.5) is 11.4 Å². The Morgan fingerprint density at radius 2 is 1.67 bits per heavy atom. The Morgan fingerprint density at radius 1 is 1.04 bits per heavy atom. The average Bonchev–Trinajstić information content (AvgIpc) is 2.48. The SMILES string of the molecule is Cc1c(NS(C)(=O)=O)cccc1C(=O)Nc1ccc(C(=O)O)cc1. The lowest BCUT2D eigenvalue weighted by atomic mass is 10.1. The minimum Gasteiger partial charge on any atom is -0.478 e. The molecule has 0 fully saturated rings. The van der Waals surface area contributed by atoms with Gasteiger partial charge in [0.1, 0.15) is 0 Å². The van der Waals surface area contributed by atoms with Crippen molar-refractivity contribution in [2.24, 2.45) is 0 Å². The summed E-state index contributed by atoms with van der Waals surface area (Å²) in [6, 6.07) is 10.4. The van der Waals surface area contributed by atoms with Gasteiger partial charge in [0.05, 0.1) is 17.5 Å². The molecule has 2 aromatic carbocycles. The summed E-state index contributed by atoms with van der Waals surface area (Å²) in [6.45, 7) is 1.63. The lowest BCUT2D eigenvalue weighted by Crippen LogP contribution is -2.16. The summed E-state index contributed by atoms with van der Waals surface area (Å²) in [4.78, 5) is 23.2.